The van der Waals surface area contributed by atoms with Crippen LogP contribution in [-0.4, -0.2) is 13.0 Å². The van der Waals surface area contributed by atoms with Gasteiger partial charge in [0, 0.05) is 0 Å². The third-order valence-corrected chi connectivity index (χ3v) is 0.977. The van der Waals surface area contributed by atoms with E-state index in [0.717, 1.165) is 0 Å². The van der Waals surface area contributed by atoms with Gasteiger partial charge in [-0.3, -0.25) is 0 Å². The molecule has 74 valence electrons. The summed E-state index contributed by atoms with van der Waals surface area (Å²) in [6.45, 7) is 1.92. The largest absolute Gasteiger partial charge is 0.573 e. The van der Waals surface area contributed by atoms with Gasteiger partial charge in [0.1, 0.15) is 5.75 Å². The molecule has 0 aliphatic rings. The van der Waals surface area contributed by atoms with E-state index in [1.165, 1.54) is 24.3 Å². The standard InChI is InChI=1S/C7H5F3O.CH5P/c8-7(9,10)11-6-4-2-1-3-5-6;1-2/h1-5H;2H2,1H3. The van der Waals surface area contributed by atoms with Crippen molar-refractivity contribution in [2.24, 2.45) is 0 Å². The predicted molar refractivity (Wildman–Crippen MR) is 48.8 cm³/mol. The zero-order chi connectivity index (χ0) is 10.3. The van der Waals surface area contributed by atoms with Crippen LogP contribution >= 0.6 is 9.24 Å². The Morgan fingerprint density at radius 2 is 1.54 bits per heavy atom. The van der Waals surface area contributed by atoms with Crippen molar-refractivity contribution in [1.29, 1.82) is 0 Å². The fraction of sp³-hybridized carbons (Fsp3) is 0.250. The average molecular weight is 210 g/mol. The van der Waals surface area contributed by atoms with Gasteiger partial charge in [-0.2, -0.15) is 0 Å². The highest BCUT2D eigenvalue weighted by atomic mass is 31.0. The molecule has 1 aromatic rings. The molecule has 0 aliphatic carbocycles. The number of benzene rings is 1. The Bertz CT molecular complexity index is 223. The Labute approximate surface area is 77.1 Å². The molecule has 0 saturated heterocycles. The molecule has 0 fully saturated rings. The lowest BCUT2D eigenvalue weighted by atomic mass is 10.3. The fourth-order valence-electron chi connectivity index (χ4n) is 0.622. The van der Waals surface area contributed by atoms with Crippen LogP contribution in [0.5, 0.6) is 5.75 Å². The van der Waals surface area contributed by atoms with Gasteiger partial charge in [0.05, 0.1) is 0 Å². The van der Waals surface area contributed by atoms with E-state index < -0.39 is 6.36 Å². The molecule has 1 unspecified atom stereocenters. The predicted octanol–water partition coefficient (Wildman–Crippen LogP) is 3.08. The van der Waals surface area contributed by atoms with Crippen LogP contribution in [0, 0.1) is 0 Å². The third kappa shape index (κ3) is 6.41. The lowest BCUT2D eigenvalue weighted by Crippen LogP contribution is -2.16. The maximum atomic E-state index is 11.5. The Morgan fingerprint density at radius 3 is 1.92 bits per heavy atom. The molecular formula is C8H10F3OP. The van der Waals surface area contributed by atoms with Crippen molar-refractivity contribution >= 4 is 9.24 Å². The monoisotopic (exact) mass is 210 g/mol. The van der Waals surface area contributed by atoms with Gasteiger partial charge < -0.3 is 4.74 Å². The first-order valence-corrected chi connectivity index (χ1v) is 4.62. The summed E-state index contributed by atoms with van der Waals surface area (Å²) in [7, 11) is 2.42. The summed E-state index contributed by atoms with van der Waals surface area (Å²) in [5.74, 6) is -0.194. The maximum Gasteiger partial charge on any atom is 0.573 e. The van der Waals surface area contributed by atoms with Gasteiger partial charge >= 0.3 is 6.36 Å². The molecule has 13 heavy (non-hydrogen) atoms. The fourth-order valence-corrected chi connectivity index (χ4v) is 0.622. The Balaban J connectivity index is 0.000000671. The molecule has 0 radical (unpaired) electrons. The van der Waals surface area contributed by atoms with Gasteiger partial charge in [-0.05, 0) is 12.1 Å². The second-order valence-electron chi connectivity index (χ2n) is 1.86. The van der Waals surface area contributed by atoms with Gasteiger partial charge in [0.25, 0.3) is 0 Å². The van der Waals surface area contributed by atoms with Crippen LogP contribution in [0.15, 0.2) is 30.3 Å². The first-order chi connectivity index (χ1) is 6.08. The van der Waals surface area contributed by atoms with Crippen LogP contribution < -0.4 is 4.74 Å². The van der Waals surface area contributed by atoms with E-state index >= 15 is 0 Å². The highest BCUT2D eigenvalue weighted by Crippen LogP contribution is 2.21. The van der Waals surface area contributed by atoms with Gasteiger partial charge in [-0.15, -0.1) is 22.4 Å². The number of hydrogen-bond donors (Lipinski definition) is 0. The first kappa shape index (κ1) is 12.2. The molecule has 0 saturated carbocycles. The minimum atomic E-state index is -4.60. The zero-order valence-electron chi connectivity index (χ0n) is 7.01. The van der Waals surface area contributed by atoms with Crippen molar-refractivity contribution in [3.63, 3.8) is 0 Å². The zero-order valence-corrected chi connectivity index (χ0v) is 8.16. The summed E-state index contributed by atoms with van der Waals surface area (Å²) < 4.78 is 38.2. The van der Waals surface area contributed by atoms with Crippen LogP contribution in [0.1, 0.15) is 0 Å². The molecule has 0 spiro atoms. The number of para-hydroxylation sites is 1. The number of halogens is 3. The van der Waals surface area contributed by atoms with E-state index in [9.17, 15) is 13.2 Å². The molecule has 0 amide bonds. The second-order valence-corrected chi connectivity index (χ2v) is 1.86. The summed E-state index contributed by atoms with van der Waals surface area (Å²) in [4.78, 5) is 0. The summed E-state index contributed by atoms with van der Waals surface area (Å²) in [6.07, 6.45) is -4.60. The average Bonchev–Trinajstić information content (AvgIpc) is 2.07. The molecule has 5 heteroatoms. The molecule has 1 aromatic carbocycles. The molecule has 0 heterocycles. The van der Waals surface area contributed by atoms with E-state index in [1.54, 1.807) is 6.07 Å². The molecule has 0 aromatic heterocycles. The molecule has 1 nitrogen and oxygen atoms in total. The lowest BCUT2D eigenvalue weighted by Gasteiger charge is -2.07. The first-order valence-electron chi connectivity index (χ1n) is 3.46. The smallest absolute Gasteiger partial charge is 0.406 e. The Hall–Kier alpha value is -0.760. The van der Waals surface area contributed by atoms with Crippen LogP contribution in [0.2, 0.25) is 0 Å². The van der Waals surface area contributed by atoms with Crippen molar-refractivity contribution in [1.82, 2.24) is 0 Å². The van der Waals surface area contributed by atoms with Gasteiger partial charge in [-0.25, -0.2) is 0 Å². The molecule has 1 atom stereocenters. The number of hydrogen-bond acceptors (Lipinski definition) is 1. The third-order valence-electron chi connectivity index (χ3n) is 0.977. The van der Waals surface area contributed by atoms with Gasteiger partial charge in [0.15, 0.2) is 0 Å². The van der Waals surface area contributed by atoms with Crippen LogP contribution in [0.4, 0.5) is 13.2 Å². The minimum absolute atomic E-state index is 0.194. The van der Waals surface area contributed by atoms with Crippen LogP contribution in [0.3, 0.4) is 0 Å². The van der Waals surface area contributed by atoms with E-state index in [2.05, 4.69) is 14.0 Å². The van der Waals surface area contributed by atoms with E-state index in [4.69, 9.17) is 0 Å². The number of alkyl halides is 3. The SMILES string of the molecule is CP.FC(F)(F)Oc1ccccc1. The van der Waals surface area contributed by atoms with Crippen molar-refractivity contribution in [2.45, 2.75) is 6.36 Å². The maximum absolute atomic E-state index is 11.5. The second kappa shape index (κ2) is 5.81. The van der Waals surface area contributed by atoms with Crippen molar-refractivity contribution < 1.29 is 17.9 Å². The summed E-state index contributed by atoms with van der Waals surface area (Å²) in [5, 5.41) is 0. The minimum Gasteiger partial charge on any atom is -0.406 e. The molecule has 0 aliphatic heterocycles. The van der Waals surface area contributed by atoms with Crippen LogP contribution in [0.25, 0.3) is 0 Å². The van der Waals surface area contributed by atoms with Crippen LogP contribution in [-0.2, 0) is 0 Å². The normalized spacial score (nSPS) is 9.92. The van der Waals surface area contributed by atoms with Gasteiger partial charge in [0.2, 0.25) is 0 Å². The lowest BCUT2D eigenvalue weighted by molar-refractivity contribution is -0.274. The molecular weight excluding hydrogens is 200 g/mol. The molecule has 0 bridgehead atoms. The van der Waals surface area contributed by atoms with E-state index in [-0.39, 0.29) is 5.75 Å². The van der Waals surface area contributed by atoms with Crippen molar-refractivity contribution in [3.8, 4) is 5.75 Å². The number of ether oxygens (including phenoxy) is 1. The summed E-state index contributed by atoms with van der Waals surface area (Å²) in [6, 6.07) is 7.05. The van der Waals surface area contributed by atoms with E-state index in [1.807, 2.05) is 6.66 Å². The Kier molecular flexibility index (Phi) is 5.47. The highest BCUT2D eigenvalue weighted by Gasteiger charge is 2.30. The number of rotatable bonds is 1. The van der Waals surface area contributed by atoms with E-state index in [0.29, 0.717) is 0 Å². The molecule has 1 rings (SSSR count). The van der Waals surface area contributed by atoms with Gasteiger partial charge in [-0.1, -0.05) is 24.9 Å². The van der Waals surface area contributed by atoms with Crippen molar-refractivity contribution in [3.05, 3.63) is 30.3 Å². The molecule has 0 N–H and O–H groups in total. The van der Waals surface area contributed by atoms with Crippen molar-refractivity contribution in [2.75, 3.05) is 6.66 Å². The Morgan fingerprint density at radius 1 is 1.08 bits per heavy atom. The highest BCUT2D eigenvalue weighted by molar-refractivity contribution is 7.15. The quantitative estimate of drug-likeness (QED) is 0.647. The summed E-state index contributed by atoms with van der Waals surface area (Å²) in [5.41, 5.74) is 0. The summed E-state index contributed by atoms with van der Waals surface area (Å²) >= 11 is 0. The topological polar surface area (TPSA) is 9.23 Å².